The minimum absolute atomic E-state index is 0.0380. The van der Waals surface area contributed by atoms with Crippen molar-refractivity contribution in [3.8, 4) is 0 Å². The van der Waals surface area contributed by atoms with Crippen molar-refractivity contribution < 1.29 is 9.53 Å². The lowest BCUT2D eigenvalue weighted by atomic mass is 10.2. The number of aromatic nitrogens is 2. The topological polar surface area (TPSA) is 82.3 Å². The summed E-state index contributed by atoms with van der Waals surface area (Å²) in [5.74, 6) is -0.305. The lowest BCUT2D eigenvalue weighted by Gasteiger charge is -2.14. The summed E-state index contributed by atoms with van der Waals surface area (Å²) in [7, 11) is 1.55. The molecular weight excluding hydrogens is 298 g/mol. The molecule has 1 fully saturated rings. The second kappa shape index (κ2) is 6.37. The van der Waals surface area contributed by atoms with Gasteiger partial charge in [0.1, 0.15) is 6.54 Å². The number of hydrogen-bond acceptors (Lipinski definition) is 4. The molecule has 122 valence electrons. The highest BCUT2D eigenvalue weighted by molar-refractivity contribution is 5.80. The van der Waals surface area contributed by atoms with Crippen LogP contribution >= 0.6 is 0 Å². The third-order valence-corrected chi connectivity index (χ3v) is 4.12. The van der Waals surface area contributed by atoms with Gasteiger partial charge in [0, 0.05) is 20.2 Å². The van der Waals surface area contributed by atoms with Gasteiger partial charge in [-0.3, -0.25) is 19.0 Å². The van der Waals surface area contributed by atoms with E-state index in [2.05, 4.69) is 5.32 Å². The van der Waals surface area contributed by atoms with Gasteiger partial charge in [-0.05, 0) is 25.0 Å². The van der Waals surface area contributed by atoms with Crippen molar-refractivity contribution in [1.29, 1.82) is 0 Å². The number of fused-ring (bicyclic) bond motifs is 1. The molecule has 3 rings (SSSR count). The molecule has 1 aliphatic rings. The number of aryl methyl sites for hydroxylation is 1. The van der Waals surface area contributed by atoms with E-state index in [1.165, 1.54) is 9.13 Å². The van der Waals surface area contributed by atoms with E-state index in [0.717, 1.165) is 19.4 Å². The standard InChI is InChI=1S/C16H19N3O4/c1-18-12-6-2-3-7-13(12)19(16(22)15(18)21)10-14(20)17-9-11-5-4-8-23-11/h2-3,6-7,11H,4-5,8-10H2,1H3,(H,17,20)/t11-/m0/s1. The molecule has 2 aromatic rings. The molecule has 0 bridgehead atoms. The molecular formula is C16H19N3O4. The summed E-state index contributed by atoms with van der Waals surface area (Å²) in [5.41, 5.74) is -0.162. The molecule has 1 aromatic heterocycles. The molecule has 1 N–H and O–H groups in total. The number of carbonyl (C=O) groups is 1. The van der Waals surface area contributed by atoms with Gasteiger partial charge in [-0.2, -0.15) is 0 Å². The minimum Gasteiger partial charge on any atom is -0.376 e. The van der Waals surface area contributed by atoms with Gasteiger partial charge < -0.3 is 14.6 Å². The summed E-state index contributed by atoms with van der Waals surface area (Å²) in [6, 6.07) is 7.03. The molecule has 0 unspecified atom stereocenters. The maximum Gasteiger partial charge on any atom is 0.317 e. The number of hydrogen-bond donors (Lipinski definition) is 1. The molecule has 23 heavy (non-hydrogen) atoms. The second-order valence-corrected chi connectivity index (χ2v) is 5.68. The minimum atomic E-state index is -0.696. The van der Waals surface area contributed by atoms with Crippen molar-refractivity contribution >= 4 is 16.9 Å². The van der Waals surface area contributed by atoms with E-state index in [1.54, 1.807) is 31.3 Å². The number of benzene rings is 1. The lowest BCUT2D eigenvalue weighted by molar-refractivity contribution is -0.122. The zero-order chi connectivity index (χ0) is 16.4. The van der Waals surface area contributed by atoms with Crippen molar-refractivity contribution in [2.75, 3.05) is 13.2 Å². The van der Waals surface area contributed by atoms with E-state index in [1.807, 2.05) is 0 Å². The average Bonchev–Trinajstić information content (AvgIpc) is 3.08. The first kappa shape index (κ1) is 15.5. The zero-order valence-electron chi connectivity index (χ0n) is 12.9. The normalized spacial score (nSPS) is 17.5. The van der Waals surface area contributed by atoms with E-state index in [-0.39, 0.29) is 18.6 Å². The molecule has 2 heterocycles. The van der Waals surface area contributed by atoms with Gasteiger partial charge in [0.05, 0.1) is 17.1 Å². The predicted molar refractivity (Wildman–Crippen MR) is 85.4 cm³/mol. The second-order valence-electron chi connectivity index (χ2n) is 5.68. The molecule has 1 atom stereocenters. The van der Waals surface area contributed by atoms with Crippen molar-refractivity contribution in [3.05, 3.63) is 45.0 Å². The molecule has 7 heteroatoms. The lowest BCUT2D eigenvalue weighted by Crippen LogP contribution is -2.43. The quantitative estimate of drug-likeness (QED) is 0.805. The smallest absolute Gasteiger partial charge is 0.317 e. The van der Waals surface area contributed by atoms with Gasteiger partial charge in [0.25, 0.3) is 0 Å². The summed E-state index contributed by atoms with van der Waals surface area (Å²) in [4.78, 5) is 36.4. The van der Waals surface area contributed by atoms with Crippen LogP contribution in [-0.4, -0.2) is 34.3 Å². The Morgan fingerprint density at radius 1 is 1.26 bits per heavy atom. The van der Waals surface area contributed by atoms with Gasteiger partial charge in [0.2, 0.25) is 5.91 Å². The van der Waals surface area contributed by atoms with Gasteiger partial charge in [-0.15, -0.1) is 0 Å². The molecule has 1 aromatic carbocycles. The maximum atomic E-state index is 12.2. The Bertz CT molecular complexity index is 847. The van der Waals surface area contributed by atoms with Crippen molar-refractivity contribution in [1.82, 2.24) is 14.5 Å². The third kappa shape index (κ3) is 3.05. The van der Waals surface area contributed by atoms with Gasteiger partial charge >= 0.3 is 11.1 Å². The number of para-hydroxylation sites is 2. The molecule has 7 nitrogen and oxygen atoms in total. The Labute approximate surface area is 132 Å². The van der Waals surface area contributed by atoms with Gasteiger partial charge in [0.15, 0.2) is 0 Å². The fraction of sp³-hybridized carbons (Fsp3) is 0.438. The Kier molecular flexibility index (Phi) is 4.29. The van der Waals surface area contributed by atoms with E-state index in [4.69, 9.17) is 4.74 Å². The van der Waals surface area contributed by atoms with Gasteiger partial charge in [-0.1, -0.05) is 12.1 Å². The highest BCUT2D eigenvalue weighted by Crippen LogP contribution is 2.11. The van der Waals surface area contributed by atoms with E-state index < -0.39 is 11.1 Å². The SMILES string of the molecule is Cn1c(=O)c(=O)n(CC(=O)NC[C@@H]2CCCO2)c2ccccc21. The summed E-state index contributed by atoms with van der Waals surface area (Å²) in [5, 5.41) is 2.77. The van der Waals surface area contributed by atoms with Crippen LogP contribution in [0.1, 0.15) is 12.8 Å². The number of nitrogens with zero attached hydrogens (tertiary/aromatic N) is 2. The van der Waals surface area contributed by atoms with Crippen LogP contribution in [0.3, 0.4) is 0 Å². The fourth-order valence-corrected chi connectivity index (χ4v) is 2.84. The van der Waals surface area contributed by atoms with Crippen molar-refractivity contribution in [3.63, 3.8) is 0 Å². The number of nitrogens with one attached hydrogen (secondary N) is 1. The molecule has 1 amide bonds. The van der Waals surface area contributed by atoms with E-state index in [0.29, 0.717) is 17.6 Å². The van der Waals surface area contributed by atoms with E-state index in [9.17, 15) is 14.4 Å². The largest absolute Gasteiger partial charge is 0.376 e. The van der Waals surface area contributed by atoms with Crippen molar-refractivity contribution in [2.24, 2.45) is 7.05 Å². The molecule has 1 saturated heterocycles. The van der Waals surface area contributed by atoms with E-state index >= 15 is 0 Å². The first-order valence-electron chi connectivity index (χ1n) is 7.65. The van der Waals surface area contributed by atoms with Crippen molar-refractivity contribution in [2.45, 2.75) is 25.5 Å². The summed E-state index contributed by atoms with van der Waals surface area (Å²) < 4.78 is 7.97. The monoisotopic (exact) mass is 317 g/mol. The number of amides is 1. The summed E-state index contributed by atoms with van der Waals surface area (Å²) >= 11 is 0. The number of carbonyl (C=O) groups excluding carboxylic acids is 1. The van der Waals surface area contributed by atoms with Crippen LogP contribution in [0.5, 0.6) is 0 Å². The van der Waals surface area contributed by atoms with Crippen LogP contribution in [-0.2, 0) is 23.1 Å². The Morgan fingerprint density at radius 3 is 2.70 bits per heavy atom. The molecule has 1 aliphatic heterocycles. The zero-order valence-corrected chi connectivity index (χ0v) is 12.9. The highest BCUT2D eigenvalue weighted by atomic mass is 16.5. The van der Waals surface area contributed by atoms with Crippen LogP contribution in [0.15, 0.2) is 33.9 Å². The highest BCUT2D eigenvalue weighted by Gasteiger charge is 2.17. The Morgan fingerprint density at radius 2 is 2.00 bits per heavy atom. The first-order valence-corrected chi connectivity index (χ1v) is 7.65. The number of rotatable bonds is 4. The summed E-state index contributed by atoms with van der Waals surface area (Å²) in [6.07, 6.45) is 1.96. The van der Waals surface area contributed by atoms with Crippen LogP contribution in [0.25, 0.3) is 11.0 Å². The Balaban J connectivity index is 1.86. The van der Waals surface area contributed by atoms with Crippen LogP contribution < -0.4 is 16.4 Å². The molecule has 0 radical (unpaired) electrons. The first-order chi connectivity index (χ1) is 11.1. The number of ether oxygens (including phenoxy) is 1. The fourth-order valence-electron chi connectivity index (χ4n) is 2.84. The van der Waals surface area contributed by atoms with Crippen LogP contribution in [0.4, 0.5) is 0 Å². The summed E-state index contributed by atoms with van der Waals surface area (Å²) in [6.45, 7) is 0.970. The average molecular weight is 317 g/mol. The molecule has 0 spiro atoms. The molecule has 0 aliphatic carbocycles. The molecule has 0 saturated carbocycles. The third-order valence-electron chi connectivity index (χ3n) is 4.12. The predicted octanol–water partition coefficient (Wildman–Crippen LogP) is -0.00460. The van der Waals surface area contributed by atoms with Crippen LogP contribution in [0, 0.1) is 0 Å². The maximum absolute atomic E-state index is 12.2. The van der Waals surface area contributed by atoms with Crippen LogP contribution in [0.2, 0.25) is 0 Å². The Hall–Kier alpha value is -2.41. The van der Waals surface area contributed by atoms with Gasteiger partial charge in [-0.25, -0.2) is 0 Å².